The number of nitrogen functional groups attached to an aromatic ring is 1. The van der Waals surface area contributed by atoms with Gasteiger partial charge < -0.3 is 10.5 Å². The molecule has 0 saturated heterocycles. The first-order valence-corrected chi connectivity index (χ1v) is 3.33. The zero-order valence-corrected chi connectivity index (χ0v) is 6.77. The molecule has 1 aromatic carbocycles. The fraction of sp³-hybridized carbons (Fsp3) is 0.125. The van der Waals surface area contributed by atoms with Crippen LogP contribution in [-0.2, 0) is 0 Å². The Bertz CT molecular complexity index is 385. The number of anilines is 1. The molecule has 0 bridgehead atoms. The highest BCUT2D eigenvalue weighted by molar-refractivity contribution is 5.63. The van der Waals surface area contributed by atoms with Crippen molar-refractivity contribution in [3.8, 4) is 11.8 Å². The lowest BCUT2D eigenvalue weighted by Crippen LogP contribution is -2.01. The number of nitrogens with zero attached hydrogens (tertiary/aromatic N) is 1. The van der Waals surface area contributed by atoms with E-state index in [2.05, 4.69) is 4.74 Å². The first kappa shape index (κ1) is 9.26. The van der Waals surface area contributed by atoms with E-state index >= 15 is 0 Å². The molecule has 0 heterocycles. The Kier molecular flexibility index (Phi) is 2.33. The van der Waals surface area contributed by atoms with Gasteiger partial charge in [-0.05, 0) is 0 Å². The number of hydrogen-bond acceptors (Lipinski definition) is 3. The van der Waals surface area contributed by atoms with Gasteiger partial charge in [0.2, 0.25) is 0 Å². The molecule has 0 spiro atoms. The SMILES string of the molecule is COc1cc(F)c(F)c(C#N)c1N. The lowest BCUT2D eigenvalue weighted by molar-refractivity contribution is 0.408. The number of methoxy groups -OCH3 is 1. The summed E-state index contributed by atoms with van der Waals surface area (Å²) in [5.74, 6) is -2.45. The Hall–Kier alpha value is -1.83. The van der Waals surface area contributed by atoms with Gasteiger partial charge in [-0.1, -0.05) is 0 Å². The lowest BCUT2D eigenvalue weighted by Gasteiger charge is -2.06. The van der Waals surface area contributed by atoms with Crippen LogP contribution >= 0.6 is 0 Å². The maximum Gasteiger partial charge on any atom is 0.178 e. The summed E-state index contributed by atoms with van der Waals surface area (Å²) in [5, 5.41) is 8.45. The van der Waals surface area contributed by atoms with Crippen LogP contribution in [0.4, 0.5) is 14.5 Å². The summed E-state index contributed by atoms with van der Waals surface area (Å²) in [6.07, 6.45) is 0. The van der Waals surface area contributed by atoms with Crippen LogP contribution < -0.4 is 10.5 Å². The molecule has 0 radical (unpaired) electrons. The molecule has 0 fully saturated rings. The van der Waals surface area contributed by atoms with Crippen LogP contribution in [0.15, 0.2) is 6.07 Å². The van der Waals surface area contributed by atoms with Crippen molar-refractivity contribution < 1.29 is 13.5 Å². The zero-order valence-electron chi connectivity index (χ0n) is 6.77. The molecule has 0 aliphatic heterocycles. The smallest absolute Gasteiger partial charge is 0.178 e. The molecule has 3 nitrogen and oxygen atoms in total. The van der Waals surface area contributed by atoms with E-state index in [1.807, 2.05) is 0 Å². The summed E-state index contributed by atoms with van der Waals surface area (Å²) < 4.78 is 30.2. The van der Waals surface area contributed by atoms with Crippen LogP contribution in [0.5, 0.6) is 5.75 Å². The van der Waals surface area contributed by atoms with Gasteiger partial charge in [0, 0.05) is 6.07 Å². The average molecular weight is 184 g/mol. The predicted molar refractivity (Wildman–Crippen MR) is 42.0 cm³/mol. The number of nitriles is 1. The Balaban J connectivity index is 3.50. The maximum absolute atomic E-state index is 12.8. The molecule has 0 aromatic heterocycles. The van der Waals surface area contributed by atoms with Gasteiger partial charge in [-0.15, -0.1) is 0 Å². The topological polar surface area (TPSA) is 59.0 Å². The van der Waals surface area contributed by atoms with Gasteiger partial charge in [0.15, 0.2) is 11.6 Å². The first-order chi connectivity index (χ1) is 6.11. The number of ether oxygens (including phenoxy) is 1. The van der Waals surface area contributed by atoms with Gasteiger partial charge in [-0.2, -0.15) is 5.26 Å². The number of benzene rings is 1. The number of rotatable bonds is 1. The standard InChI is InChI=1S/C8H6F2N2O/c1-13-6-2-5(9)7(10)4(3-11)8(6)12/h2H,12H2,1H3. The van der Waals surface area contributed by atoms with Gasteiger partial charge in [-0.25, -0.2) is 8.78 Å². The molecule has 2 N–H and O–H groups in total. The van der Waals surface area contributed by atoms with Crippen LogP contribution in [0.1, 0.15) is 5.56 Å². The quantitative estimate of drug-likeness (QED) is 0.671. The van der Waals surface area contributed by atoms with E-state index in [1.165, 1.54) is 13.2 Å². The van der Waals surface area contributed by atoms with Gasteiger partial charge >= 0.3 is 0 Å². The van der Waals surface area contributed by atoms with Crippen LogP contribution in [0.2, 0.25) is 0 Å². The molecule has 0 atom stereocenters. The second kappa shape index (κ2) is 3.27. The fourth-order valence-electron chi connectivity index (χ4n) is 0.895. The third kappa shape index (κ3) is 1.38. The maximum atomic E-state index is 12.8. The van der Waals surface area contributed by atoms with Gasteiger partial charge in [0.05, 0.1) is 12.8 Å². The minimum absolute atomic E-state index is 0.0459. The summed E-state index contributed by atoms with van der Waals surface area (Å²) in [6.45, 7) is 0. The van der Waals surface area contributed by atoms with Crippen molar-refractivity contribution in [3.05, 3.63) is 23.3 Å². The monoisotopic (exact) mass is 184 g/mol. The second-order valence-corrected chi connectivity index (χ2v) is 2.28. The van der Waals surface area contributed by atoms with E-state index in [0.29, 0.717) is 0 Å². The average Bonchev–Trinajstić information content (AvgIpc) is 2.12. The summed E-state index contributed by atoms with van der Waals surface area (Å²) >= 11 is 0. The Morgan fingerprint density at radius 1 is 1.54 bits per heavy atom. The summed E-state index contributed by atoms with van der Waals surface area (Å²) in [5.41, 5.74) is 4.60. The normalized spacial score (nSPS) is 9.38. The van der Waals surface area contributed by atoms with E-state index < -0.39 is 17.2 Å². The molecule has 1 aromatic rings. The van der Waals surface area contributed by atoms with E-state index in [0.717, 1.165) is 6.07 Å². The minimum atomic E-state index is -1.25. The second-order valence-electron chi connectivity index (χ2n) is 2.28. The van der Waals surface area contributed by atoms with Crippen LogP contribution in [0.25, 0.3) is 0 Å². The van der Waals surface area contributed by atoms with Gasteiger partial charge in [0.25, 0.3) is 0 Å². The fourth-order valence-corrected chi connectivity index (χ4v) is 0.895. The molecule has 1 rings (SSSR count). The lowest BCUT2D eigenvalue weighted by atomic mass is 10.1. The third-order valence-corrected chi connectivity index (χ3v) is 1.55. The van der Waals surface area contributed by atoms with Crippen molar-refractivity contribution >= 4 is 5.69 Å². The molecule has 0 aliphatic carbocycles. The molecule has 0 unspecified atom stereocenters. The Morgan fingerprint density at radius 2 is 2.15 bits per heavy atom. The van der Waals surface area contributed by atoms with Crippen molar-refractivity contribution in [2.75, 3.05) is 12.8 Å². The molecule has 68 valence electrons. The van der Waals surface area contributed by atoms with Crippen molar-refractivity contribution in [1.82, 2.24) is 0 Å². The summed E-state index contributed by atoms with van der Waals surface area (Å²) in [4.78, 5) is 0. The highest BCUT2D eigenvalue weighted by Crippen LogP contribution is 2.28. The predicted octanol–water partition coefficient (Wildman–Crippen LogP) is 1.43. The molecule has 0 aliphatic rings. The van der Waals surface area contributed by atoms with Crippen molar-refractivity contribution in [2.24, 2.45) is 0 Å². The van der Waals surface area contributed by atoms with Gasteiger partial charge in [0.1, 0.15) is 17.4 Å². The largest absolute Gasteiger partial charge is 0.494 e. The number of halogens is 2. The Morgan fingerprint density at radius 3 is 2.62 bits per heavy atom. The third-order valence-electron chi connectivity index (χ3n) is 1.55. The number of hydrogen-bond donors (Lipinski definition) is 1. The highest BCUT2D eigenvalue weighted by atomic mass is 19.2. The summed E-state index contributed by atoms with van der Waals surface area (Å²) in [7, 11) is 1.25. The van der Waals surface area contributed by atoms with Crippen molar-refractivity contribution in [1.29, 1.82) is 5.26 Å². The van der Waals surface area contributed by atoms with E-state index in [4.69, 9.17) is 11.0 Å². The van der Waals surface area contributed by atoms with Crippen molar-refractivity contribution in [2.45, 2.75) is 0 Å². The first-order valence-electron chi connectivity index (χ1n) is 3.33. The molecule has 0 amide bonds. The number of nitrogens with two attached hydrogens (primary N) is 1. The van der Waals surface area contributed by atoms with E-state index in [9.17, 15) is 8.78 Å². The van der Waals surface area contributed by atoms with E-state index in [1.54, 1.807) is 0 Å². The van der Waals surface area contributed by atoms with Gasteiger partial charge in [-0.3, -0.25) is 0 Å². The van der Waals surface area contributed by atoms with Crippen LogP contribution in [0.3, 0.4) is 0 Å². The molecule has 13 heavy (non-hydrogen) atoms. The molecular weight excluding hydrogens is 178 g/mol. The van der Waals surface area contributed by atoms with E-state index in [-0.39, 0.29) is 11.4 Å². The van der Waals surface area contributed by atoms with Crippen molar-refractivity contribution in [3.63, 3.8) is 0 Å². The van der Waals surface area contributed by atoms with Crippen LogP contribution in [-0.4, -0.2) is 7.11 Å². The Labute approximate surface area is 73.3 Å². The zero-order chi connectivity index (χ0) is 10.0. The molecule has 0 saturated carbocycles. The summed E-state index contributed by atoms with van der Waals surface area (Å²) in [6, 6.07) is 2.26. The minimum Gasteiger partial charge on any atom is -0.494 e. The van der Waals surface area contributed by atoms with Crippen LogP contribution in [0, 0.1) is 23.0 Å². The molecular formula is C8H6F2N2O. The highest BCUT2D eigenvalue weighted by Gasteiger charge is 2.16. The molecule has 5 heteroatoms.